The highest BCUT2D eigenvalue weighted by Crippen LogP contribution is 2.40. The van der Waals surface area contributed by atoms with Gasteiger partial charge in [-0.2, -0.15) is 0 Å². The van der Waals surface area contributed by atoms with Gasteiger partial charge in [0.05, 0.1) is 42.2 Å². The average molecular weight is 495 g/mol. The van der Waals surface area contributed by atoms with Gasteiger partial charge in [0, 0.05) is 30.2 Å². The van der Waals surface area contributed by atoms with Crippen molar-refractivity contribution < 1.29 is 24.9 Å². The number of carbonyl (C=O) groups is 1. The van der Waals surface area contributed by atoms with E-state index in [1.807, 2.05) is 17.5 Å². The minimum atomic E-state index is -0.930. The monoisotopic (exact) mass is 494 g/mol. The first kappa shape index (κ1) is 25.1. The molecule has 1 saturated heterocycles. The molecule has 3 aromatic rings. The van der Waals surface area contributed by atoms with Crippen LogP contribution in [0.2, 0.25) is 0 Å². The van der Waals surface area contributed by atoms with E-state index in [4.69, 9.17) is 4.74 Å². The summed E-state index contributed by atoms with van der Waals surface area (Å²) in [5.41, 5.74) is 0.903. The summed E-state index contributed by atoms with van der Waals surface area (Å²) in [7, 11) is 1.57. The average Bonchev–Trinajstić information content (AvgIpc) is 3.40. The van der Waals surface area contributed by atoms with Gasteiger partial charge >= 0.3 is 5.97 Å². The molecule has 3 heterocycles. The molecule has 2 aromatic heterocycles. The summed E-state index contributed by atoms with van der Waals surface area (Å²) < 4.78 is 5.33. The minimum Gasteiger partial charge on any atom is -0.497 e. The predicted molar refractivity (Wildman–Crippen MR) is 135 cm³/mol. The van der Waals surface area contributed by atoms with Gasteiger partial charge in [-0.15, -0.1) is 11.3 Å². The van der Waals surface area contributed by atoms with Crippen LogP contribution in [0.25, 0.3) is 10.9 Å². The Morgan fingerprint density at radius 2 is 2.11 bits per heavy atom. The Kier molecular flexibility index (Phi) is 8.04. The van der Waals surface area contributed by atoms with Crippen molar-refractivity contribution >= 4 is 28.2 Å². The van der Waals surface area contributed by atoms with Crippen molar-refractivity contribution in [2.24, 2.45) is 5.41 Å². The van der Waals surface area contributed by atoms with E-state index in [2.05, 4.69) is 21.7 Å². The van der Waals surface area contributed by atoms with Gasteiger partial charge in [-0.1, -0.05) is 17.9 Å². The molecule has 0 amide bonds. The van der Waals surface area contributed by atoms with Crippen LogP contribution in [0, 0.1) is 17.3 Å². The van der Waals surface area contributed by atoms with E-state index < -0.39 is 17.5 Å². The Hall–Kier alpha value is -2.96. The third kappa shape index (κ3) is 5.65. The molecule has 1 unspecified atom stereocenters. The molecule has 7 nitrogen and oxygen atoms in total. The fourth-order valence-corrected chi connectivity index (χ4v) is 5.33. The van der Waals surface area contributed by atoms with Crippen LogP contribution in [0.5, 0.6) is 5.75 Å². The number of hydrogen-bond acceptors (Lipinski definition) is 7. The second-order valence-electron chi connectivity index (χ2n) is 8.93. The van der Waals surface area contributed by atoms with Crippen LogP contribution in [0.3, 0.4) is 0 Å². The molecule has 0 saturated carbocycles. The maximum absolute atomic E-state index is 12.3. The number of aliphatic hydroxyl groups is 2. The number of methoxy groups -OCH3 is 1. The molecule has 1 aliphatic rings. The number of fused-ring (bicyclic) bond motifs is 1. The first-order chi connectivity index (χ1) is 17.0. The number of thiophene rings is 1. The SMILES string of the molecule is COc1ccc2ncc(CO)c(C(O)CCC3(C(=O)O)CCN(CC#Cc4cccs4)CC3)c2c1. The molecule has 8 heteroatoms. The molecule has 1 atom stereocenters. The maximum atomic E-state index is 12.3. The van der Waals surface area contributed by atoms with E-state index in [0.29, 0.717) is 66.7 Å². The van der Waals surface area contributed by atoms with Crippen LogP contribution in [0.1, 0.15) is 47.8 Å². The van der Waals surface area contributed by atoms with Crippen LogP contribution in [0.4, 0.5) is 0 Å². The summed E-state index contributed by atoms with van der Waals surface area (Å²) in [6.45, 7) is 1.65. The summed E-state index contributed by atoms with van der Waals surface area (Å²) in [5.74, 6) is 6.14. The Labute approximate surface area is 209 Å². The number of piperidine rings is 1. The van der Waals surface area contributed by atoms with E-state index >= 15 is 0 Å². The van der Waals surface area contributed by atoms with Gasteiger partial charge in [-0.3, -0.25) is 14.7 Å². The second-order valence-corrected chi connectivity index (χ2v) is 9.88. The highest BCUT2D eigenvalue weighted by molar-refractivity contribution is 7.10. The van der Waals surface area contributed by atoms with Crippen molar-refractivity contribution in [2.75, 3.05) is 26.7 Å². The van der Waals surface area contributed by atoms with Crippen LogP contribution in [0.15, 0.2) is 41.9 Å². The second kappa shape index (κ2) is 11.2. The Morgan fingerprint density at radius 3 is 2.77 bits per heavy atom. The number of aromatic nitrogens is 1. The number of rotatable bonds is 8. The molecule has 0 radical (unpaired) electrons. The molecule has 1 fully saturated rings. The Bertz CT molecular complexity index is 1220. The zero-order valence-corrected chi connectivity index (χ0v) is 20.6. The standard InChI is InChI=1S/C27H30N2O5S/c1-34-20-6-7-23-22(16-20)25(19(18-30)17-28-23)24(31)8-9-27(26(32)33)10-13-29(14-11-27)12-2-4-21-5-3-15-35-21/h3,5-7,15-17,24,30-31H,8-14,18H2,1H3,(H,32,33). The molecule has 0 bridgehead atoms. The van der Waals surface area contributed by atoms with Crippen molar-refractivity contribution in [3.63, 3.8) is 0 Å². The molecular formula is C27H30N2O5S. The van der Waals surface area contributed by atoms with E-state index in [-0.39, 0.29) is 13.0 Å². The summed E-state index contributed by atoms with van der Waals surface area (Å²) in [4.78, 5) is 19.9. The first-order valence-corrected chi connectivity index (χ1v) is 12.6. The van der Waals surface area contributed by atoms with Crippen LogP contribution >= 0.6 is 11.3 Å². The number of carboxylic acids is 1. The van der Waals surface area contributed by atoms with Crippen molar-refractivity contribution in [3.8, 4) is 17.6 Å². The van der Waals surface area contributed by atoms with E-state index in [1.54, 1.807) is 42.8 Å². The molecule has 4 rings (SSSR count). The van der Waals surface area contributed by atoms with Gasteiger partial charge in [0.1, 0.15) is 5.75 Å². The van der Waals surface area contributed by atoms with Crippen molar-refractivity contribution in [2.45, 2.75) is 38.4 Å². The van der Waals surface area contributed by atoms with Gasteiger partial charge < -0.3 is 20.1 Å². The normalized spacial score (nSPS) is 16.4. The van der Waals surface area contributed by atoms with E-state index in [1.165, 1.54) is 0 Å². The molecule has 0 spiro atoms. The quantitative estimate of drug-likeness (QED) is 0.409. The minimum absolute atomic E-state index is 0.266. The molecule has 1 aliphatic heterocycles. The fourth-order valence-electron chi connectivity index (χ4n) is 4.74. The fraction of sp³-hybridized carbons (Fsp3) is 0.407. The number of carboxylic acid groups (broad SMARTS) is 1. The molecule has 0 aliphatic carbocycles. The van der Waals surface area contributed by atoms with Gasteiger partial charge in [-0.25, -0.2) is 0 Å². The van der Waals surface area contributed by atoms with Crippen LogP contribution < -0.4 is 4.74 Å². The van der Waals surface area contributed by atoms with Crippen molar-refractivity contribution in [1.29, 1.82) is 0 Å². The van der Waals surface area contributed by atoms with E-state index in [0.717, 1.165) is 4.88 Å². The number of pyridine rings is 1. The first-order valence-electron chi connectivity index (χ1n) is 11.7. The zero-order valence-electron chi connectivity index (χ0n) is 19.7. The summed E-state index contributed by atoms with van der Waals surface area (Å²) in [6, 6.07) is 9.35. The van der Waals surface area contributed by atoms with Gasteiger partial charge in [-0.05, 0) is 60.9 Å². The zero-order chi connectivity index (χ0) is 24.8. The summed E-state index contributed by atoms with van der Waals surface area (Å²) in [6.07, 6.45) is 2.27. The third-order valence-electron chi connectivity index (χ3n) is 6.90. The van der Waals surface area contributed by atoms with Gasteiger partial charge in [0.25, 0.3) is 0 Å². The molecular weight excluding hydrogens is 464 g/mol. The lowest BCUT2D eigenvalue weighted by molar-refractivity contribution is -0.153. The molecule has 1 aromatic carbocycles. The Balaban J connectivity index is 1.46. The summed E-state index contributed by atoms with van der Waals surface area (Å²) >= 11 is 1.61. The number of nitrogens with zero attached hydrogens (tertiary/aromatic N) is 2. The highest BCUT2D eigenvalue weighted by Gasteiger charge is 2.41. The lowest BCUT2D eigenvalue weighted by atomic mass is 9.74. The van der Waals surface area contributed by atoms with Crippen molar-refractivity contribution in [1.82, 2.24) is 9.88 Å². The molecule has 3 N–H and O–H groups in total. The van der Waals surface area contributed by atoms with Crippen LogP contribution in [-0.4, -0.2) is 57.9 Å². The van der Waals surface area contributed by atoms with Crippen LogP contribution in [-0.2, 0) is 11.4 Å². The van der Waals surface area contributed by atoms with E-state index in [9.17, 15) is 20.1 Å². The van der Waals surface area contributed by atoms with Gasteiger partial charge in [0.15, 0.2) is 0 Å². The lowest BCUT2D eigenvalue weighted by Crippen LogP contribution is -2.44. The smallest absolute Gasteiger partial charge is 0.309 e. The highest BCUT2D eigenvalue weighted by atomic mass is 32.1. The largest absolute Gasteiger partial charge is 0.497 e. The Morgan fingerprint density at radius 1 is 1.31 bits per heavy atom. The molecule has 184 valence electrons. The summed E-state index contributed by atoms with van der Waals surface area (Å²) in [5, 5.41) is 33.9. The number of ether oxygens (including phenoxy) is 1. The third-order valence-corrected chi connectivity index (χ3v) is 7.69. The van der Waals surface area contributed by atoms with Gasteiger partial charge in [0.2, 0.25) is 0 Å². The topological polar surface area (TPSA) is 103 Å². The number of aliphatic hydroxyl groups excluding tert-OH is 2. The lowest BCUT2D eigenvalue weighted by Gasteiger charge is -2.38. The predicted octanol–water partition coefficient (Wildman–Crippen LogP) is 3.83. The number of aliphatic carboxylic acids is 1. The number of hydrogen-bond donors (Lipinski definition) is 3. The number of likely N-dealkylation sites (tertiary alicyclic amines) is 1. The number of benzene rings is 1. The maximum Gasteiger partial charge on any atom is 0.309 e. The molecule has 35 heavy (non-hydrogen) atoms. The van der Waals surface area contributed by atoms with Crippen molar-refractivity contribution in [3.05, 3.63) is 57.9 Å².